The SMILES string of the molecule is COC1(C)CCCN(C(=O)C2(CN)CC2)C1. The van der Waals surface area contributed by atoms with Crippen molar-refractivity contribution in [3.05, 3.63) is 0 Å². The van der Waals surface area contributed by atoms with Gasteiger partial charge in [0.1, 0.15) is 0 Å². The molecule has 1 atom stereocenters. The summed E-state index contributed by atoms with van der Waals surface area (Å²) in [5.41, 5.74) is 5.31. The molecule has 0 radical (unpaired) electrons. The van der Waals surface area contributed by atoms with E-state index in [4.69, 9.17) is 10.5 Å². The van der Waals surface area contributed by atoms with Crippen molar-refractivity contribution in [2.24, 2.45) is 11.1 Å². The fourth-order valence-electron chi connectivity index (χ4n) is 2.54. The Morgan fingerprint density at radius 3 is 2.62 bits per heavy atom. The molecule has 1 heterocycles. The molecule has 0 aromatic rings. The summed E-state index contributed by atoms with van der Waals surface area (Å²) < 4.78 is 5.50. The molecule has 2 rings (SSSR count). The number of methoxy groups -OCH3 is 1. The number of rotatable bonds is 3. The molecule has 92 valence electrons. The van der Waals surface area contributed by atoms with Gasteiger partial charge in [-0.25, -0.2) is 0 Å². The Balaban J connectivity index is 2.02. The molecule has 0 aromatic heterocycles. The first-order valence-corrected chi connectivity index (χ1v) is 6.10. The highest BCUT2D eigenvalue weighted by Crippen LogP contribution is 2.46. The molecule has 1 saturated carbocycles. The lowest BCUT2D eigenvalue weighted by molar-refractivity contribution is -0.144. The molecule has 0 spiro atoms. The van der Waals surface area contributed by atoms with Crippen LogP contribution < -0.4 is 5.73 Å². The third-order valence-corrected chi connectivity index (χ3v) is 4.14. The van der Waals surface area contributed by atoms with Crippen molar-refractivity contribution in [2.45, 2.75) is 38.2 Å². The Morgan fingerprint density at radius 2 is 2.12 bits per heavy atom. The summed E-state index contributed by atoms with van der Waals surface area (Å²) in [4.78, 5) is 14.3. The van der Waals surface area contributed by atoms with Gasteiger partial charge in [0.25, 0.3) is 0 Å². The second-order valence-corrected chi connectivity index (χ2v) is 5.47. The molecule has 2 fully saturated rings. The number of carbonyl (C=O) groups excluding carboxylic acids is 1. The summed E-state index contributed by atoms with van der Waals surface area (Å²) in [7, 11) is 1.73. The van der Waals surface area contributed by atoms with E-state index in [1.54, 1.807) is 7.11 Å². The summed E-state index contributed by atoms with van der Waals surface area (Å²) in [6, 6.07) is 0. The van der Waals surface area contributed by atoms with E-state index in [-0.39, 0.29) is 16.9 Å². The van der Waals surface area contributed by atoms with Crippen LogP contribution in [0.25, 0.3) is 0 Å². The fourth-order valence-corrected chi connectivity index (χ4v) is 2.54. The van der Waals surface area contributed by atoms with E-state index in [0.717, 1.165) is 32.2 Å². The summed E-state index contributed by atoms with van der Waals surface area (Å²) in [5.74, 6) is 0.248. The predicted molar refractivity (Wildman–Crippen MR) is 61.9 cm³/mol. The smallest absolute Gasteiger partial charge is 0.230 e. The van der Waals surface area contributed by atoms with E-state index in [1.165, 1.54) is 0 Å². The molecule has 2 N–H and O–H groups in total. The molecule has 1 unspecified atom stereocenters. The van der Waals surface area contributed by atoms with Gasteiger partial charge in [-0.2, -0.15) is 0 Å². The van der Waals surface area contributed by atoms with Gasteiger partial charge in [-0.3, -0.25) is 4.79 Å². The van der Waals surface area contributed by atoms with Gasteiger partial charge in [-0.1, -0.05) is 0 Å². The standard InChI is InChI=1S/C12H22N2O2/c1-11(16-2)4-3-7-14(9-11)10(15)12(8-13)5-6-12/h3-9,13H2,1-2H3. The Hall–Kier alpha value is -0.610. The van der Waals surface area contributed by atoms with Crippen molar-refractivity contribution in [1.29, 1.82) is 0 Å². The van der Waals surface area contributed by atoms with Crippen LogP contribution in [0.5, 0.6) is 0 Å². The number of amides is 1. The van der Waals surface area contributed by atoms with Crippen molar-refractivity contribution in [3.63, 3.8) is 0 Å². The zero-order valence-corrected chi connectivity index (χ0v) is 10.3. The molecular formula is C12H22N2O2. The van der Waals surface area contributed by atoms with Crippen LogP contribution in [0.1, 0.15) is 32.6 Å². The van der Waals surface area contributed by atoms with E-state index >= 15 is 0 Å². The topological polar surface area (TPSA) is 55.6 Å². The third-order valence-electron chi connectivity index (χ3n) is 4.14. The van der Waals surface area contributed by atoms with Gasteiger partial charge in [-0.15, -0.1) is 0 Å². The largest absolute Gasteiger partial charge is 0.377 e. The summed E-state index contributed by atoms with van der Waals surface area (Å²) in [5, 5.41) is 0. The summed E-state index contributed by atoms with van der Waals surface area (Å²) in [6.45, 7) is 4.14. The summed E-state index contributed by atoms with van der Waals surface area (Å²) in [6.07, 6.45) is 3.98. The van der Waals surface area contributed by atoms with Crippen LogP contribution in [0.4, 0.5) is 0 Å². The molecule has 2 aliphatic rings. The lowest BCUT2D eigenvalue weighted by atomic mass is 9.93. The molecule has 1 saturated heterocycles. The Bertz CT molecular complexity index is 289. The minimum Gasteiger partial charge on any atom is -0.377 e. The first kappa shape index (κ1) is 11.9. The molecule has 1 aliphatic carbocycles. The first-order valence-electron chi connectivity index (χ1n) is 6.10. The number of nitrogens with zero attached hydrogens (tertiary/aromatic N) is 1. The van der Waals surface area contributed by atoms with Gasteiger partial charge in [0.2, 0.25) is 5.91 Å². The minimum absolute atomic E-state index is 0.168. The van der Waals surface area contributed by atoms with Crippen LogP contribution in [0.2, 0.25) is 0 Å². The molecule has 1 amide bonds. The number of hydrogen-bond acceptors (Lipinski definition) is 3. The highest BCUT2D eigenvalue weighted by Gasteiger charge is 2.51. The minimum atomic E-state index is -0.216. The highest BCUT2D eigenvalue weighted by molar-refractivity contribution is 5.85. The highest BCUT2D eigenvalue weighted by atomic mass is 16.5. The van der Waals surface area contributed by atoms with Gasteiger partial charge in [0.05, 0.1) is 11.0 Å². The monoisotopic (exact) mass is 226 g/mol. The van der Waals surface area contributed by atoms with E-state index in [2.05, 4.69) is 6.92 Å². The number of piperidine rings is 1. The van der Waals surface area contributed by atoms with Crippen molar-refractivity contribution >= 4 is 5.91 Å². The van der Waals surface area contributed by atoms with Crippen LogP contribution in [0.15, 0.2) is 0 Å². The van der Waals surface area contributed by atoms with Crippen LogP contribution >= 0.6 is 0 Å². The number of carbonyl (C=O) groups is 1. The number of hydrogen-bond donors (Lipinski definition) is 1. The zero-order valence-electron chi connectivity index (χ0n) is 10.3. The second-order valence-electron chi connectivity index (χ2n) is 5.47. The maximum Gasteiger partial charge on any atom is 0.230 e. The van der Waals surface area contributed by atoms with Gasteiger partial charge in [-0.05, 0) is 32.6 Å². The van der Waals surface area contributed by atoms with Gasteiger partial charge < -0.3 is 15.4 Å². The number of likely N-dealkylation sites (tertiary alicyclic amines) is 1. The van der Waals surface area contributed by atoms with E-state index in [1.807, 2.05) is 4.90 Å². The molecule has 1 aliphatic heterocycles. The van der Waals surface area contributed by atoms with Crippen molar-refractivity contribution in [3.8, 4) is 0 Å². The molecular weight excluding hydrogens is 204 g/mol. The van der Waals surface area contributed by atoms with Gasteiger partial charge in [0, 0.05) is 26.7 Å². The molecule has 4 heteroatoms. The molecule has 16 heavy (non-hydrogen) atoms. The maximum absolute atomic E-state index is 12.3. The summed E-state index contributed by atoms with van der Waals surface area (Å²) >= 11 is 0. The van der Waals surface area contributed by atoms with E-state index < -0.39 is 0 Å². The number of nitrogens with two attached hydrogens (primary N) is 1. The normalized spacial score (nSPS) is 32.6. The van der Waals surface area contributed by atoms with Crippen molar-refractivity contribution in [2.75, 3.05) is 26.7 Å². The number of ether oxygens (including phenoxy) is 1. The van der Waals surface area contributed by atoms with E-state index in [9.17, 15) is 4.79 Å². The zero-order chi connectivity index (χ0) is 11.8. The van der Waals surface area contributed by atoms with Crippen molar-refractivity contribution < 1.29 is 9.53 Å². The lowest BCUT2D eigenvalue weighted by Crippen LogP contribution is -2.52. The lowest BCUT2D eigenvalue weighted by Gasteiger charge is -2.40. The van der Waals surface area contributed by atoms with Crippen LogP contribution in [-0.2, 0) is 9.53 Å². The average Bonchev–Trinajstić information content (AvgIpc) is 3.09. The maximum atomic E-state index is 12.3. The van der Waals surface area contributed by atoms with Gasteiger partial charge in [0.15, 0.2) is 0 Å². The first-order chi connectivity index (χ1) is 7.55. The molecule has 4 nitrogen and oxygen atoms in total. The average molecular weight is 226 g/mol. The molecule has 0 bridgehead atoms. The molecule has 0 aromatic carbocycles. The van der Waals surface area contributed by atoms with Crippen molar-refractivity contribution in [1.82, 2.24) is 4.90 Å². The second kappa shape index (κ2) is 4.00. The predicted octanol–water partition coefficient (Wildman–Crippen LogP) is 0.753. The fraction of sp³-hybridized carbons (Fsp3) is 0.917. The Morgan fingerprint density at radius 1 is 1.44 bits per heavy atom. The van der Waals surface area contributed by atoms with Crippen LogP contribution in [0, 0.1) is 5.41 Å². The van der Waals surface area contributed by atoms with Gasteiger partial charge >= 0.3 is 0 Å². The van der Waals surface area contributed by atoms with E-state index in [0.29, 0.717) is 13.1 Å². The van der Waals surface area contributed by atoms with Crippen LogP contribution in [-0.4, -0.2) is 43.2 Å². The third kappa shape index (κ3) is 1.96. The Kier molecular flexibility index (Phi) is 2.97. The Labute approximate surface area is 97.1 Å². The van der Waals surface area contributed by atoms with Crippen LogP contribution in [0.3, 0.4) is 0 Å². The quantitative estimate of drug-likeness (QED) is 0.772.